The number of Topliss-reactive ketones (excluding diaryl/α,β-unsaturated/α-hetero) is 2. The zero-order chi connectivity index (χ0) is 16.2. The van der Waals surface area contributed by atoms with Crippen LogP contribution < -0.4 is 0 Å². The fourth-order valence-electron chi connectivity index (χ4n) is 2.24. The lowest BCUT2D eigenvalue weighted by atomic mass is 9.90. The number of non-ortho nitro benzene ring substituents is 1. The second-order valence-corrected chi connectivity index (χ2v) is 6.09. The van der Waals surface area contributed by atoms with Crippen LogP contribution in [0.3, 0.4) is 0 Å². The Morgan fingerprint density at radius 2 is 1.82 bits per heavy atom. The Bertz CT molecular complexity index is 842. The van der Waals surface area contributed by atoms with Gasteiger partial charge in [-0.3, -0.25) is 19.7 Å². The molecule has 1 aliphatic carbocycles. The predicted molar refractivity (Wildman–Crippen MR) is 76.0 cm³/mol. The van der Waals surface area contributed by atoms with Gasteiger partial charge in [-0.05, 0) is 6.07 Å². The zero-order valence-corrected chi connectivity index (χ0v) is 12.2. The van der Waals surface area contributed by atoms with E-state index in [1.165, 1.54) is 12.1 Å². The van der Waals surface area contributed by atoms with Gasteiger partial charge in [0.25, 0.3) is 11.5 Å². The van der Waals surface area contributed by atoms with Crippen molar-refractivity contribution in [3.05, 3.63) is 45.5 Å². The van der Waals surface area contributed by atoms with E-state index in [0.717, 1.165) is 6.07 Å². The topological polar surface area (TPSA) is 103 Å². The number of rotatable bonds is 1. The summed E-state index contributed by atoms with van der Waals surface area (Å²) < 4.78 is 5.47. The lowest BCUT2D eigenvalue weighted by Crippen LogP contribution is -2.20. The summed E-state index contributed by atoms with van der Waals surface area (Å²) in [5.41, 5.74) is -0.0473. The molecule has 0 aliphatic heterocycles. The molecule has 0 bridgehead atoms. The lowest BCUT2D eigenvalue weighted by molar-refractivity contribution is -0.384. The fraction of sp³-hybridized carbons (Fsp3) is 0.267. The minimum Gasteiger partial charge on any atom is -0.436 e. The third kappa shape index (κ3) is 1.93. The van der Waals surface area contributed by atoms with E-state index in [0.29, 0.717) is 11.5 Å². The molecule has 2 aromatic rings. The summed E-state index contributed by atoms with van der Waals surface area (Å²) in [6.07, 6.45) is 0. The van der Waals surface area contributed by atoms with Gasteiger partial charge >= 0.3 is 0 Å². The van der Waals surface area contributed by atoms with Gasteiger partial charge in [0.2, 0.25) is 17.4 Å². The van der Waals surface area contributed by atoms with Crippen LogP contribution in [-0.2, 0) is 5.41 Å². The summed E-state index contributed by atoms with van der Waals surface area (Å²) in [5, 5.41) is 10.8. The number of carbonyl (C=O) groups excluding carboxylic acids is 2. The zero-order valence-electron chi connectivity index (χ0n) is 12.2. The molecule has 1 heterocycles. The van der Waals surface area contributed by atoms with Crippen LogP contribution >= 0.6 is 0 Å². The molecule has 1 aromatic heterocycles. The predicted octanol–water partition coefficient (Wildman–Crippen LogP) is 2.93. The number of fused-ring (bicyclic) bond motifs is 3. The molecular weight excluding hydrogens is 288 g/mol. The number of carbonyl (C=O) groups is 2. The van der Waals surface area contributed by atoms with Crippen LogP contribution in [0.2, 0.25) is 0 Å². The van der Waals surface area contributed by atoms with Gasteiger partial charge in [-0.15, -0.1) is 0 Å². The second kappa shape index (κ2) is 4.33. The molecule has 0 saturated carbocycles. The second-order valence-electron chi connectivity index (χ2n) is 6.09. The summed E-state index contributed by atoms with van der Waals surface area (Å²) in [4.78, 5) is 38.8. The highest BCUT2D eigenvalue weighted by Crippen LogP contribution is 2.37. The monoisotopic (exact) mass is 300 g/mol. The first-order chi connectivity index (χ1) is 10.2. The van der Waals surface area contributed by atoms with Gasteiger partial charge in [-0.1, -0.05) is 20.8 Å². The molecule has 0 N–H and O–H groups in total. The number of benzene rings is 1. The summed E-state index contributed by atoms with van der Waals surface area (Å²) in [7, 11) is 0. The smallest absolute Gasteiger partial charge is 0.271 e. The van der Waals surface area contributed by atoms with Crippen molar-refractivity contribution < 1.29 is 18.9 Å². The van der Waals surface area contributed by atoms with Crippen LogP contribution in [0.25, 0.3) is 11.3 Å². The third-order valence-corrected chi connectivity index (χ3v) is 3.39. The molecule has 0 saturated heterocycles. The molecule has 0 amide bonds. The Hall–Kier alpha value is -2.83. The number of nitro benzene ring substituents is 1. The highest BCUT2D eigenvalue weighted by molar-refractivity contribution is 6.52. The molecule has 0 spiro atoms. The summed E-state index contributed by atoms with van der Waals surface area (Å²) in [6, 6.07) is 3.80. The third-order valence-electron chi connectivity index (χ3n) is 3.39. The normalized spacial score (nSPS) is 13.8. The molecule has 0 fully saturated rings. The summed E-state index contributed by atoms with van der Waals surface area (Å²) in [5.74, 6) is -1.41. The van der Waals surface area contributed by atoms with Gasteiger partial charge in [0.1, 0.15) is 5.69 Å². The van der Waals surface area contributed by atoms with Crippen LogP contribution in [0.4, 0.5) is 5.69 Å². The van der Waals surface area contributed by atoms with E-state index in [1.807, 2.05) is 20.8 Å². The lowest BCUT2D eigenvalue weighted by Gasteiger charge is -2.11. The van der Waals surface area contributed by atoms with E-state index >= 15 is 0 Å². The van der Waals surface area contributed by atoms with Crippen LogP contribution in [0, 0.1) is 10.1 Å². The van der Waals surface area contributed by atoms with E-state index in [4.69, 9.17) is 4.42 Å². The molecule has 1 aromatic carbocycles. The molecule has 22 heavy (non-hydrogen) atoms. The van der Waals surface area contributed by atoms with Crippen molar-refractivity contribution in [3.8, 4) is 11.3 Å². The quantitative estimate of drug-likeness (QED) is 0.455. The Kier molecular flexibility index (Phi) is 2.78. The first-order valence-electron chi connectivity index (χ1n) is 6.59. The van der Waals surface area contributed by atoms with Gasteiger partial charge in [-0.25, -0.2) is 4.98 Å². The minimum atomic E-state index is -0.828. The fourth-order valence-corrected chi connectivity index (χ4v) is 2.24. The number of ketones is 2. The number of oxazole rings is 1. The maximum atomic E-state index is 12.2. The van der Waals surface area contributed by atoms with Crippen molar-refractivity contribution in [3.63, 3.8) is 0 Å². The van der Waals surface area contributed by atoms with Crippen molar-refractivity contribution in [1.29, 1.82) is 0 Å². The highest BCUT2D eigenvalue weighted by Gasteiger charge is 2.38. The first-order valence-corrected chi connectivity index (χ1v) is 6.59. The Balaban J connectivity index is 2.27. The molecule has 0 unspecified atom stereocenters. The van der Waals surface area contributed by atoms with Crippen molar-refractivity contribution in [2.75, 3.05) is 0 Å². The molecule has 3 rings (SSSR count). The standard InChI is InChI=1S/C15H12N2O5/c1-15(2,3)14-16-10-8-5-4-7(17(20)21)6-9(8)11(18)12(19)13(10)22-14/h4-6H,1-3H3. The summed E-state index contributed by atoms with van der Waals surface area (Å²) in [6.45, 7) is 5.61. The van der Waals surface area contributed by atoms with E-state index in [-0.39, 0.29) is 22.7 Å². The van der Waals surface area contributed by atoms with Gasteiger partial charge < -0.3 is 4.42 Å². The van der Waals surface area contributed by atoms with E-state index in [2.05, 4.69) is 4.98 Å². The van der Waals surface area contributed by atoms with E-state index in [9.17, 15) is 19.7 Å². The molecule has 112 valence electrons. The Labute approximate surface area is 125 Å². The molecule has 0 atom stereocenters. The average Bonchev–Trinajstić information content (AvgIpc) is 2.89. The first kappa shape index (κ1) is 14.1. The molecule has 7 nitrogen and oxygen atoms in total. The van der Waals surface area contributed by atoms with E-state index < -0.39 is 21.9 Å². The highest BCUT2D eigenvalue weighted by atomic mass is 16.6. The van der Waals surface area contributed by atoms with Crippen molar-refractivity contribution in [1.82, 2.24) is 4.98 Å². The maximum Gasteiger partial charge on any atom is 0.271 e. The van der Waals surface area contributed by atoms with Crippen LogP contribution in [-0.4, -0.2) is 21.5 Å². The van der Waals surface area contributed by atoms with E-state index in [1.54, 1.807) is 0 Å². The summed E-state index contributed by atoms with van der Waals surface area (Å²) >= 11 is 0. The molecule has 7 heteroatoms. The average molecular weight is 300 g/mol. The Morgan fingerprint density at radius 1 is 1.14 bits per heavy atom. The van der Waals surface area contributed by atoms with Crippen LogP contribution in [0.5, 0.6) is 0 Å². The maximum absolute atomic E-state index is 12.2. The molecule has 1 aliphatic rings. The van der Waals surface area contributed by atoms with Gasteiger partial charge in [0, 0.05) is 28.7 Å². The van der Waals surface area contributed by atoms with Crippen LogP contribution in [0.15, 0.2) is 22.6 Å². The van der Waals surface area contributed by atoms with Crippen molar-refractivity contribution in [2.45, 2.75) is 26.2 Å². The Morgan fingerprint density at radius 3 is 2.41 bits per heavy atom. The number of hydrogen-bond acceptors (Lipinski definition) is 6. The number of hydrogen-bond donors (Lipinski definition) is 0. The molecule has 0 radical (unpaired) electrons. The van der Waals surface area contributed by atoms with Gasteiger partial charge in [0.15, 0.2) is 0 Å². The van der Waals surface area contributed by atoms with Gasteiger partial charge in [-0.2, -0.15) is 0 Å². The van der Waals surface area contributed by atoms with Crippen molar-refractivity contribution >= 4 is 17.3 Å². The van der Waals surface area contributed by atoms with Crippen LogP contribution in [0.1, 0.15) is 47.6 Å². The SMILES string of the molecule is CC(C)(C)c1nc2c(o1)C(=O)C(=O)c1cc([N+](=O)[O-])ccc1-2. The number of nitrogens with zero attached hydrogens (tertiary/aromatic N) is 2. The number of aromatic nitrogens is 1. The number of nitro groups is 1. The largest absolute Gasteiger partial charge is 0.436 e. The minimum absolute atomic E-state index is 0.0135. The molecular formula is C15H12N2O5. The van der Waals surface area contributed by atoms with Crippen molar-refractivity contribution in [2.24, 2.45) is 0 Å². The van der Waals surface area contributed by atoms with Gasteiger partial charge in [0.05, 0.1) is 4.92 Å².